The molecule has 2 aromatic rings. The van der Waals surface area contributed by atoms with E-state index in [9.17, 15) is 19.5 Å². The summed E-state index contributed by atoms with van der Waals surface area (Å²) in [5.74, 6) is -1.56. The molecule has 8 nitrogen and oxygen atoms in total. The molecule has 0 radical (unpaired) electrons. The van der Waals surface area contributed by atoms with Gasteiger partial charge in [0, 0.05) is 13.0 Å². The summed E-state index contributed by atoms with van der Waals surface area (Å²) in [6.45, 7) is 9.59. The first-order valence-corrected chi connectivity index (χ1v) is 13.1. The summed E-state index contributed by atoms with van der Waals surface area (Å²) in [5, 5.41) is 15.0. The normalized spacial score (nSPS) is 15.9. The highest BCUT2D eigenvalue weighted by Gasteiger charge is 2.38. The first-order valence-electron chi connectivity index (χ1n) is 13.1. The first-order chi connectivity index (χ1) is 18.0. The predicted octanol–water partition coefficient (Wildman–Crippen LogP) is 4.96. The second-order valence-electron chi connectivity index (χ2n) is 11.1. The van der Waals surface area contributed by atoms with Gasteiger partial charge in [-0.25, -0.2) is 4.79 Å². The van der Waals surface area contributed by atoms with Crippen LogP contribution in [-0.4, -0.2) is 55.0 Å². The number of ether oxygens (including phenoxy) is 2. The van der Waals surface area contributed by atoms with Crippen LogP contribution < -0.4 is 10.6 Å². The predicted molar refractivity (Wildman–Crippen MR) is 146 cm³/mol. The van der Waals surface area contributed by atoms with Crippen molar-refractivity contribution in [2.75, 3.05) is 13.7 Å². The third kappa shape index (κ3) is 6.72. The number of amides is 2. The van der Waals surface area contributed by atoms with E-state index in [0.717, 1.165) is 22.3 Å². The van der Waals surface area contributed by atoms with Crippen molar-refractivity contribution in [1.29, 1.82) is 0 Å². The van der Waals surface area contributed by atoms with Gasteiger partial charge in [0.05, 0.1) is 18.6 Å². The van der Waals surface area contributed by atoms with Gasteiger partial charge in [0.15, 0.2) is 0 Å². The number of carbonyl (C=O) groups is 3. The highest BCUT2D eigenvalue weighted by Crippen LogP contribution is 2.44. The number of carboxylic acid groups (broad SMARTS) is 1. The average molecular weight is 525 g/mol. The van der Waals surface area contributed by atoms with Gasteiger partial charge in [-0.3, -0.25) is 9.59 Å². The van der Waals surface area contributed by atoms with Gasteiger partial charge in [-0.2, -0.15) is 0 Å². The third-order valence-electron chi connectivity index (χ3n) is 7.38. The zero-order chi connectivity index (χ0) is 28.0. The molecule has 2 amide bonds. The molecule has 0 saturated carbocycles. The summed E-state index contributed by atoms with van der Waals surface area (Å²) in [5.41, 5.74) is 3.84. The van der Waals surface area contributed by atoms with Gasteiger partial charge in [0.2, 0.25) is 5.91 Å². The molecule has 3 N–H and O–H groups in total. The zero-order valence-corrected chi connectivity index (χ0v) is 23.1. The lowest BCUT2D eigenvalue weighted by atomic mass is 9.85. The van der Waals surface area contributed by atoms with E-state index in [1.807, 2.05) is 71.0 Å². The fourth-order valence-corrected chi connectivity index (χ4v) is 5.07. The lowest BCUT2D eigenvalue weighted by Gasteiger charge is -2.35. The number of hydrogen-bond donors (Lipinski definition) is 3. The van der Waals surface area contributed by atoms with Crippen LogP contribution in [0.3, 0.4) is 0 Å². The van der Waals surface area contributed by atoms with E-state index in [1.54, 1.807) is 0 Å². The molecule has 4 atom stereocenters. The van der Waals surface area contributed by atoms with E-state index in [-0.39, 0.29) is 24.9 Å². The topological polar surface area (TPSA) is 114 Å². The summed E-state index contributed by atoms with van der Waals surface area (Å²) in [7, 11) is 1.44. The van der Waals surface area contributed by atoms with Gasteiger partial charge < -0.3 is 25.2 Å². The minimum Gasteiger partial charge on any atom is -0.481 e. The highest BCUT2D eigenvalue weighted by molar-refractivity contribution is 5.87. The van der Waals surface area contributed by atoms with Crippen LogP contribution in [0, 0.1) is 11.3 Å². The largest absolute Gasteiger partial charge is 0.481 e. The van der Waals surface area contributed by atoms with Crippen molar-refractivity contribution < 1.29 is 29.0 Å². The molecule has 0 saturated heterocycles. The van der Waals surface area contributed by atoms with Crippen LogP contribution in [-0.2, 0) is 19.1 Å². The van der Waals surface area contributed by atoms with Crippen molar-refractivity contribution in [1.82, 2.24) is 10.6 Å². The van der Waals surface area contributed by atoms with E-state index >= 15 is 0 Å². The van der Waals surface area contributed by atoms with E-state index in [2.05, 4.69) is 22.8 Å². The number of aliphatic carboxylic acids is 1. The Morgan fingerprint density at radius 3 is 2.00 bits per heavy atom. The maximum Gasteiger partial charge on any atom is 0.407 e. The third-order valence-corrected chi connectivity index (χ3v) is 7.38. The van der Waals surface area contributed by atoms with Crippen LogP contribution in [0.25, 0.3) is 11.1 Å². The molecular weight excluding hydrogens is 484 g/mol. The molecule has 38 heavy (non-hydrogen) atoms. The van der Waals surface area contributed by atoms with Crippen LogP contribution in [0.1, 0.15) is 64.5 Å². The molecule has 0 fully saturated rings. The number of carbonyl (C=O) groups excluding carboxylic acids is 2. The number of methoxy groups -OCH3 is 1. The molecular formula is C30H40N2O6. The molecule has 0 unspecified atom stereocenters. The number of hydrogen-bond acceptors (Lipinski definition) is 5. The Morgan fingerprint density at radius 2 is 1.53 bits per heavy atom. The van der Waals surface area contributed by atoms with Crippen molar-refractivity contribution in [3.63, 3.8) is 0 Å². The summed E-state index contributed by atoms with van der Waals surface area (Å²) in [6, 6.07) is 14.7. The molecule has 0 aliphatic heterocycles. The Bertz CT molecular complexity index is 1100. The van der Waals surface area contributed by atoms with Crippen molar-refractivity contribution >= 4 is 18.0 Å². The molecule has 206 valence electrons. The Morgan fingerprint density at radius 1 is 0.974 bits per heavy atom. The number of fused-ring (bicyclic) bond motifs is 3. The lowest BCUT2D eigenvalue weighted by molar-refractivity contribution is -0.141. The Balaban J connectivity index is 1.72. The van der Waals surface area contributed by atoms with Crippen molar-refractivity contribution in [2.45, 2.75) is 71.6 Å². The van der Waals surface area contributed by atoms with Gasteiger partial charge in [-0.05, 0) is 33.6 Å². The Labute approximate surface area is 225 Å². The van der Waals surface area contributed by atoms with Gasteiger partial charge >= 0.3 is 12.1 Å². The lowest BCUT2D eigenvalue weighted by Crippen LogP contribution is -2.58. The molecule has 1 aliphatic carbocycles. The van der Waals surface area contributed by atoms with Gasteiger partial charge in [0.25, 0.3) is 0 Å². The van der Waals surface area contributed by atoms with Crippen LogP contribution in [0.15, 0.2) is 48.5 Å². The fourth-order valence-electron chi connectivity index (χ4n) is 5.07. The quantitative estimate of drug-likeness (QED) is 0.383. The van der Waals surface area contributed by atoms with E-state index in [4.69, 9.17) is 9.47 Å². The monoisotopic (exact) mass is 524 g/mol. The van der Waals surface area contributed by atoms with Gasteiger partial charge in [0.1, 0.15) is 12.6 Å². The summed E-state index contributed by atoms with van der Waals surface area (Å²) in [6.07, 6.45) is -0.923. The van der Waals surface area contributed by atoms with Crippen LogP contribution in [0.5, 0.6) is 0 Å². The Hall–Kier alpha value is -3.39. The molecule has 1 aliphatic rings. The van der Waals surface area contributed by atoms with E-state index in [0.29, 0.717) is 6.42 Å². The standard InChI is InChI=1S/C30H40N2O6/c1-7-18(2)26(24(37-6)16-25(33)34)31-28(35)27(30(3,4)5)32-29(36)38-17-23-21-14-10-8-12-19(21)20-13-9-11-15-22(20)23/h8-15,18,23-24,26-27H,7,16-17H2,1-6H3,(H,31,35)(H,32,36)(H,33,34)/t18-,24+,26-,27+/m0/s1. The summed E-state index contributed by atoms with van der Waals surface area (Å²) < 4.78 is 11.1. The van der Waals surface area contributed by atoms with Crippen molar-refractivity contribution in [3.05, 3.63) is 59.7 Å². The maximum atomic E-state index is 13.5. The second-order valence-corrected chi connectivity index (χ2v) is 11.1. The number of carboxylic acids is 1. The average Bonchev–Trinajstić information content (AvgIpc) is 3.20. The molecule has 0 heterocycles. The molecule has 2 aromatic carbocycles. The van der Waals surface area contributed by atoms with Crippen LogP contribution >= 0.6 is 0 Å². The maximum absolute atomic E-state index is 13.5. The van der Waals surface area contributed by atoms with Crippen molar-refractivity contribution in [2.24, 2.45) is 11.3 Å². The van der Waals surface area contributed by atoms with Crippen LogP contribution in [0.2, 0.25) is 0 Å². The minimum atomic E-state index is -1.01. The molecule has 8 heteroatoms. The van der Waals surface area contributed by atoms with Gasteiger partial charge in [-0.15, -0.1) is 0 Å². The second kappa shape index (κ2) is 12.4. The highest BCUT2D eigenvalue weighted by atomic mass is 16.5. The number of benzene rings is 2. The van der Waals surface area contributed by atoms with Crippen LogP contribution in [0.4, 0.5) is 4.79 Å². The molecule has 3 rings (SSSR count). The summed E-state index contributed by atoms with van der Waals surface area (Å²) >= 11 is 0. The molecule has 0 aromatic heterocycles. The van der Waals surface area contributed by atoms with Gasteiger partial charge in [-0.1, -0.05) is 89.6 Å². The zero-order valence-electron chi connectivity index (χ0n) is 23.1. The smallest absolute Gasteiger partial charge is 0.407 e. The number of rotatable bonds is 11. The number of alkyl carbamates (subject to hydrolysis) is 1. The first kappa shape index (κ1) is 29.2. The Kier molecular flexibility index (Phi) is 9.55. The summed E-state index contributed by atoms with van der Waals surface area (Å²) in [4.78, 5) is 37.8. The molecule has 0 spiro atoms. The van der Waals surface area contributed by atoms with E-state index < -0.39 is 41.6 Å². The fraction of sp³-hybridized carbons (Fsp3) is 0.500. The SMILES string of the molecule is CC[C@H](C)[C@H](NC(=O)[C@@H](NC(=O)OCC1c2ccccc2-c2ccccc21)C(C)(C)C)[C@@H](CC(=O)O)OC. The minimum absolute atomic E-state index is 0.0432. The number of nitrogens with one attached hydrogen (secondary N) is 2. The van der Waals surface area contributed by atoms with Crippen molar-refractivity contribution in [3.8, 4) is 11.1 Å². The molecule has 0 bridgehead atoms. The van der Waals surface area contributed by atoms with E-state index in [1.165, 1.54) is 7.11 Å².